The Morgan fingerprint density at radius 3 is 3.07 bits per heavy atom. The van der Waals surface area contributed by atoms with Crippen molar-refractivity contribution in [3.05, 3.63) is 56.7 Å². The van der Waals surface area contributed by atoms with E-state index < -0.39 is 0 Å². The summed E-state index contributed by atoms with van der Waals surface area (Å²) in [7, 11) is 0. The Morgan fingerprint density at radius 1 is 1.33 bits per heavy atom. The second kappa shape index (κ2) is 8.22. The van der Waals surface area contributed by atoms with E-state index >= 15 is 0 Å². The van der Waals surface area contributed by atoms with E-state index in [1.807, 2.05) is 12.1 Å². The fraction of sp³-hybridized carbons (Fsp3) is 0.368. The topological polar surface area (TPSA) is 87.7 Å². The van der Waals surface area contributed by atoms with Gasteiger partial charge in [0.15, 0.2) is 0 Å². The predicted molar refractivity (Wildman–Crippen MR) is 109 cm³/mol. The molecule has 0 bridgehead atoms. The number of hydrogen-bond donors (Lipinski definition) is 2. The highest BCUT2D eigenvalue weighted by molar-refractivity contribution is 7.99. The Labute approximate surface area is 164 Å². The molecule has 0 saturated heterocycles. The van der Waals surface area contributed by atoms with Crippen LogP contribution in [0.15, 0.2) is 29.3 Å². The van der Waals surface area contributed by atoms with Crippen LogP contribution in [0.4, 0.5) is 0 Å². The number of amides is 1. The van der Waals surface area contributed by atoms with Gasteiger partial charge in [0, 0.05) is 23.8 Å². The molecule has 140 valence electrons. The molecule has 1 aliphatic rings. The molecule has 8 heteroatoms. The number of aromatic nitrogens is 3. The fourth-order valence-corrected chi connectivity index (χ4v) is 5.27. The SMILES string of the molecule is O=C(CSCc1nc2sc3c(c2c(=O)[nH]1)CCCC3)NCc1cccnc1. The minimum atomic E-state index is -0.0453. The van der Waals surface area contributed by atoms with Crippen LogP contribution in [-0.2, 0) is 29.9 Å². The summed E-state index contributed by atoms with van der Waals surface area (Å²) in [5.41, 5.74) is 2.12. The lowest BCUT2D eigenvalue weighted by Crippen LogP contribution is -2.24. The first kappa shape index (κ1) is 18.2. The van der Waals surface area contributed by atoms with Crippen molar-refractivity contribution in [2.24, 2.45) is 0 Å². The second-order valence-corrected chi connectivity index (χ2v) is 8.60. The molecule has 3 aromatic heterocycles. The van der Waals surface area contributed by atoms with Gasteiger partial charge in [-0.3, -0.25) is 14.6 Å². The van der Waals surface area contributed by atoms with Crippen molar-refractivity contribution in [2.75, 3.05) is 5.75 Å². The number of H-pyrrole nitrogens is 1. The third-order valence-electron chi connectivity index (χ3n) is 4.56. The monoisotopic (exact) mass is 400 g/mol. The van der Waals surface area contributed by atoms with E-state index in [1.165, 1.54) is 28.6 Å². The lowest BCUT2D eigenvalue weighted by Gasteiger charge is -2.09. The van der Waals surface area contributed by atoms with Crippen molar-refractivity contribution in [3.63, 3.8) is 0 Å². The molecule has 3 heterocycles. The Balaban J connectivity index is 1.35. The number of carbonyl (C=O) groups excluding carboxylic acids is 1. The quantitative estimate of drug-likeness (QED) is 0.664. The van der Waals surface area contributed by atoms with E-state index in [-0.39, 0.29) is 11.5 Å². The molecule has 0 aromatic carbocycles. The zero-order chi connectivity index (χ0) is 18.6. The number of carbonyl (C=O) groups is 1. The highest BCUT2D eigenvalue weighted by Crippen LogP contribution is 2.33. The lowest BCUT2D eigenvalue weighted by atomic mass is 9.97. The first-order valence-corrected chi connectivity index (χ1v) is 10.9. The van der Waals surface area contributed by atoms with Crippen molar-refractivity contribution >= 4 is 39.2 Å². The van der Waals surface area contributed by atoms with Gasteiger partial charge in [-0.25, -0.2) is 4.98 Å². The number of nitrogens with zero attached hydrogens (tertiary/aromatic N) is 2. The molecule has 0 saturated carbocycles. The van der Waals surface area contributed by atoms with Crippen LogP contribution in [-0.4, -0.2) is 26.6 Å². The van der Waals surface area contributed by atoms with Gasteiger partial charge < -0.3 is 10.3 Å². The fourth-order valence-electron chi connectivity index (χ4n) is 3.27. The molecule has 0 fully saturated rings. The van der Waals surface area contributed by atoms with Gasteiger partial charge in [-0.1, -0.05) is 6.07 Å². The Hall–Kier alpha value is -2.19. The van der Waals surface area contributed by atoms with Gasteiger partial charge in [0.05, 0.1) is 16.9 Å². The molecule has 3 aromatic rings. The number of aryl methyl sites for hydroxylation is 2. The minimum absolute atomic E-state index is 0.0427. The van der Waals surface area contributed by atoms with Gasteiger partial charge >= 0.3 is 0 Å². The van der Waals surface area contributed by atoms with E-state index in [9.17, 15) is 9.59 Å². The van der Waals surface area contributed by atoms with Gasteiger partial charge in [-0.15, -0.1) is 23.1 Å². The maximum absolute atomic E-state index is 12.5. The maximum atomic E-state index is 12.5. The molecular weight excluding hydrogens is 380 g/mol. The Bertz CT molecular complexity index is 1010. The van der Waals surface area contributed by atoms with Crippen molar-refractivity contribution in [1.82, 2.24) is 20.3 Å². The highest BCUT2D eigenvalue weighted by Gasteiger charge is 2.19. The third kappa shape index (κ3) is 4.22. The summed E-state index contributed by atoms with van der Waals surface area (Å²) < 4.78 is 0. The van der Waals surface area contributed by atoms with Crippen LogP contribution < -0.4 is 10.9 Å². The molecule has 0 spiro atoms. The molecule has 0 unspecified atom stereocenters. The summed E-state index contributed by atoms with van der Waals surface area (Å²) in [6.45, 7) is 0.467. The smallest absolute Gasteiger partial charge is 0.259 e. The van der Waals surface area contributed by atoms with Crippen molar-refractivity contribution < 1.29 is 4.79 Å². The van der Waals surface area contributed by atoms with Gasteiger partial charge in [0.25, 0.3) is 5.56 Å². The molecule has 2 N–H and O–H groups in total. The number of pyridine rings is 1. The summed E-state index contributed by atoms with van der Waals surface area (Å²) in [6.07, 6.45) is 7.80. The van der Waals surface area contributed by atoms with Crippen LogP contribution in [0.1, 0.15) is 34.7 Å². The molecule has 1 amide bonds. The predicted octanol–water partition coefficient (Wildman–Crippen LogP) is 2.81. The zero-order valence-electron chi connectivity index (χ0n) is 14.8. The average molecular weight is 401 g/mol. The largest absolute Gasteiger partial charge is 0.351 e. The van der Waals surface area contributed by atoms with Crippen LogP contribution in [0.3, 0.4) is 0 Å². The number of hydrogen-bond acceptors (Lipinski definition) is 6. The summed E-state index contributed by atoms with van der Waals surface area (Å²) in [5, 5.41) is 3.64. The van der Waals surface area contributed by atoms with Crippen LogP contribution in [0.5, 0.6) is 0 Å². The molecule has 27 heavy (non-hydrogen) atoms. The van der Waals surface area contributed by atoms with E-state index in [4.69, 9.17) is 0 Å². The van der Waals surface area contributed by atoms with Gasteiger partial charge in [0.2, 0.25) is 5.91 Å². The van der Waals surface area contributed by atoms with E-state index in [2.05, 4.69) is 20.3 Å². The average Bonchev–Trinajstić information content (AvgIpc) is 3.06. The first-order chi connectivity index (χ1) is 13.2. The normalized spacial score (nSPS) is 13.5. The van der Waals surface area contributed by atoms with Crippen molar-refractivity contribution in [1.29, 1.82) is 0 Å². The van der Waals surface area contributed by atoms with E-state index in [0.29, 0.717) is 23.9 Å². The Kier molecular flexibility index (Phi) is 5.54. The summed E-state index contributed by atoms with van der Waals surface area (Å²) >= 11 is 3.09. The number of rotatable bonds is 6. The van der Waals surface area contributed by atoms with Gasteiger partial charge in [-0.05, 0) is 42.9 Å². The van der Waals surface area contributed by atoms with Crippen molar-refractivity contribution in [2.45, 2.75) is 38.0 Å². The number of nitrogens with one attached hydrogen (secondary N) is 2. The summed E-state index contributed by atoms with van der Waals surface area (Å²) in [5.74, 6) is 1.42. The van der Waals surface area contributed by atoms with Crippen LogP contribution in [0, 0.1) is 0 Å². The van der Waals surface area contributed by atoms with Gasteiger partial charge in [-0.2, -0.15) is 0 Å². The third-order valence-corrected chi connectivity index (χ3v) is 6.69. The molecule has 0 radical (unpaired) electrons. The second-order valence-electron chi connectivity index (χ2n) is 6.53. The first-order valence-electron chi connectivity index (χ1n) is 8.97. The summed E-state index contributed by atoms with van der Waals surface area (Å²) in [4.78, 5) is 38.2. The van der Waals surface area contributed by atoms with Crippen LogP contribution >= 0.6 is 23.1 Å². The van der Waals surface area contributed by atoms with E-state index in [0.717, 1.165) is 35.0 Å². The minimum Gasteiger partial charge on any atom is -0.351 e. The number of aromatic amines is 1. The number of thiophene rings is 1. The van der Waals surface area contributed by atoms with Gasteiger partial charge in [0.1, 0.15) is 10.7 Å². The molecule has 0 atom stereocenters. The standard InChI is InChI=1S/C19H20N4O2S2/c24-16(21-9-12-4-3-7-20-8-12)11-26-10-15-22-18(25)17-13-5-1-2-6-14(13)27-19(17)23-15/h3-4,7-8H,1-2,5-6,9-11H2,(H,21,24)(H,22,23,25). The molecule has 4 rings (SSSR count). The highest BCUT2D eigenvalue weighted by atomic mass is 32.2. The number of thioether (sulfide) groups is 1. The van der Waals surface area contributed by atoms with Crippen LogP contribution in [0.25, 0.3) is 10.2 Å². The summed E-state index contributed by atoms with van der Waals surface area (Å²) in [6, 6.07) is 3.77. The molecule has 1 aliphatic carbocycles. The lowest BCUT2D eigenvalue weighted by molar-refractivity contribution is -0.118. The molecule has 0 aliphatic heterocycles. The molecule has 6 nitrogen and oxygen atoms in total. The van der Waals surface area contributed by atoms with E-state index in [1.54, 1.807) is 23.7 Å². The maximum Gasteiger partial charge on any atom is 0.259 e. The van der Waals surface area contributed by atoms with Crippen molar-refractivity contribution in [3.8, 4) is 0 Å². The number of fused-ring (bicyclic) bond motifs is 3. The zero-order valence-corrected chi connectivity index (χ0v) is 16.4. The molecular formula is C19H20N4O2S2. The Morgan fingerprint density at radius 2 is 2.22 bits per heavy atom. The van der Waals surface area contributed by atoms with Crippen LogP contribution in [0.2, 0.25) is 0 Å².